The van der Waals surface area contributed by atoms with Crippen LogP contribution in [0.15, 0.2) is 28.7 Å². The molecule has 3 nitrogen and oxygen atoms in total. The molecule has 1 aromatic carbocycles. The Labute approximate surface area is 118 Å². The minimum Gasteiger partial charge on any atom is -0.380 e. The number of hydrogen-bond acceptors (Lipinski definition) is 3. The molecule has 0 aliphatic rings. The van der Waals surface area contributed by atoms with E-state index >= 15 is 0 Å². The van der Waals surface area contributed by atoms with Crippen molar-refractivity contribution in [2.24, 2.45) is 5.73 Å². The van der Waals surface area contributed by atoms with Crippen molar-refractivity contribution >= 4 is 15.9 Å². The van der Waals surface area contributed by atoms with Crippen LogP contribution >= 0.6 is 15.9 Å². The molecule has 0 spiro atoms. The van der Waals surface area contributed by atoms with Crippen LogP contribution in [0.3, 0.4) is 0 Å². The normalized spacial score (nSPS) is 12.9. The minimum atomic E-state index is 0.267. The number of nitrogens with zero attached hydrogens (tertiary/aromatic N) is 1. The largest absolute Gasteiger partial charge is 0.380 e. The number of benzene rings is 1. The third-order valence-corrected chi connectivity index (χ3v) is 3.58. The summed E-state index contributed by atoms with van der Waals surface area (Å²) in [6, 6.07) is 8.65. The smallest absolute Gasteiger partial charge is 0.0593 e. The van der Waals surface area contributed by atoms with E-state index in [4.69, 9.17) is 10.5 Å². The molecule has 0 radical (unpaired) electrons. The molecule has 102 valence electrons. The molecule has 0 aliphatic heterocycles. The van der Waals surface area contributed by atoms with E-state index in [2.05, 4.69) is 52.0 Å². The zero-order chi connectivity index (χ0) is 13.4. The van der Waals surface area contributed by atoms with E-state index in [1.54, 1.807) is 0 Å². The molecule has 0 aliphatic carbocycles. The Kier molecular flexibility index (Phi) is 7.51. The van der Waals surface area contributed by atoms with Gasteiger partial charge < -0.3 is 10.5 Å². The lowest BCUT2D eigenvalue weighted by Gasteiger charge is -2.30. The van der Waals surface area contributed by atoms with Gasteiger partial charge in [-0.1, -0.05) is 35.0 Å². The summed E-state index contributed by atoms with van der Waals surface area (Å²) >= 11 is 3.46. The zero-order valence-corrected chi connectivity index (χ0v) is 12.8. The highest BCUT2D eigenvalue weighted by Gasteiger charge is 2.17. The highest BCUT2D eigenvalue weighted by atomic mass is 79.9. The first kappa shape index (κ1) is 15.6. The standard InChI is InChI=1S/C14H23BrN2O/c1-3-17(9-10-18-4-2)14(11-16)12-5-7-13(15)8-6-12/h5-8,14H,3-4,9-11,16H2,1-2H3. The second-order valence-corrected chi connectivity index (χ2v) is 5.04. The highest BCUT2D eigenvalue weighted by molar-refractivity contribution is 9.10. The molecular weight excluding hydrogens is 292 g/mol. The van der Waals surface area contributed by atoms with Crippen LogP contribution in [-0.4, -0.2) is 37.7 Å². The van der Waals surface area contributed by atoms with Crippen LogP contribution in [0.5, 0.6) is 0 Å². The number of ether oxygens (including phenoxy) is 1. The molecule has 1 unspecified atom stereocenters. The first-order valence-corrected chi connectivity index (χ1v) is 7.29. The number of likely N-dealkylation sites (N-methyl/N-ethyl adjacent to an activating group) is 1. The predicted octanol–water partition coefficient (Wildman–Crippen LogP) is 2.81. The predicted molar refractivity (Wildman–Crippen MR) is 79.7 cm³/mol. The molecule has 0 saturated heterocycles. The maximum atomic E-state index is 5.93. The van der Waals surface area contributed by atoms with E-state index in [-0.39, 0.29) is 6.04 Å². The van der Waals surface area contributed by atoms with Gasteiger partial charge >= 0.3 is 0 Å². The fourth-order valence-corrected chi connectivity index (χ4v) is 2.31. The Morgan fingerprint density at radius 2 is 1.94 bits per heavy atom. The van der Waals surface area contributed by atoms with Gasteiger partial charge in [-0.25, -0.2) is 0 Å². The average molecular weight is 315 g/mol. The van der Waals surface area contributed by atoms with E-state index in [1.807, 2.05) is 6.92 Å². The molecule has 0 amide bonds. The molecule has 2 N–H and O–H groups in total. The summed E-state index contributed by atoms with van der Waals surface area (Å²) in [5.41, 5.74) is 7.19. The molecule has 0 aromatic heterocycles. The van der Waals surface area contributed by atoms with E-state index in [9.17, 15) is 0 Å². The summed E-state index contributed by atoms with van der Waals surface area (Å²) in [4.78, 5) is 2.36. The fourth-order valence-electron chi connectivity index (χ4n) is 2.04. The van der Waals surface area contributed by atoms with Gasteiger partial charge in [0.25, 0.3) is 0 Å². The van der Waals surface area contributed by atoms with Crippen LogP contribution in [-0.2, 0) is 4.74 Å². The molecule has 1 atom stereocenters. The average Bonchev–Trinajstić information content (AvgIpc) is 2.40. The molecule has 1 aromatic rings. The van der Waals surface area contributed by atoms with Gasteiger partial charge in [-0.05, 0) is 31.2 Å². The van der Waals surface area contributed by atoms with Crippen molar-refractivity contribution in [2.75, 3.05) is 32.8 Å². The minimum absolute atomic E-state index is 0.267. The van der Waals surface area contributed by atoms with Crippen LogP contribution in [0.4, 0.5) is 0 Å². The quantitative estimate of drug-likeness (QED) is 0.750. The highest BCUT2D eigenvalue weighted by Crippen LogP contribution is 2.21. The summed E-state index contributed by atoms with van der Waals surface area (Å²) in [5.74, 6) is 0. The molecular formula is C14H23BrN2O. The summed E-state index contributed by atoms with van der Waals surface area (Å²) in [6.45, 7) is 8.23. The third kappa shape index (κ3) is 4.69. The lowest BCUT2D eigenvalue weighted by molar-refractivity contribution is 0.0980. The lowest BCUT2D eigenvalue weighted by Crippen LogP contribution is -2.36. The van der Waals surface area contributed by atoms with Gasteiger partial charge in [-0.15, -0.1) is 0 Å². The van der Waals surface area contributed by atoms with Gasteiger partial charge in [0.15, 0.2) is 0 Å². The maximum Gasteiger partial charge on any atom is 0.0593 e. The second-order valence-electron chi connectivity index (χ2n) is 4.13. The van der Waals surface area contributed by atoms with Crippen LogP contribution in [0.1, 0.15) is 25.5 Å². The molecule has 0 saturated carbocycles. The van der Waals surface area contributed by atoms with Crippen molar-refractivity contribution in [1.29, 1.82) is 0 Å². The Hall–Kier alpha value is -0.420. The first-order valence-electron chi connectivity index (χ1n) is 6.50. The number of nitrogens with two attached hydrogens (primary N) is 1. The van der Waals surface area contributed by atoms with Crippen LogP contribution in [0, 0.1) is 0 Å². The number of hydrogen-bond donors (Lipinski definition) is 1. The Bertz CT molecular complexity index is 329. The number of halogens is 1. The van der Waals surface area contributed by atoms with Gasteiger partial charge in [0, 0.05) is 30.2 Å². The molecule has 4 heteroatoms. The second kappa shape index (κ2) is 8.64. The van der Waals surface area contributed by atoms with Crippen molar-refractivity contribution in [2.45, 2.75) is 19.9 Å². The molecule has 1 rings (SSSR count). The van der Waals surface area contributed by atoms with Crippen molar-refractivity contribution in [1.82, 2.24) is 4.90 Å². The van der Waals surface area contributed by atoms with Crippen LogP contribution in [0.2, 0.25) is 0 Å². The SMILES string of the molecule is CCOCCN(CC)C(CN)c1ccc(Br)cc1. The molecule has 0 heterocycles. The molecule has 18 heavy (non-hydrogen) atoms. The van der Waals surface area contributed by atoms with Gasteiger partial charge in [-0.2, -0.15) is 0 Å². The van der Waals surface area contributed by atoms with Crippen molar-refractivity contribution in [3.8, 4) is 0 Å². The third-order valence-electron chi connectivity index (χ3n) is 3.05. The lowest BCUT2D eigenvalue weighted by atomic mass is 10.1. The van der Waals surface area contributed by atoms with Crippen LogP contribution < -0.4 is 5.73 Å². The van der Waals surface area contributed by atoms with Crippen molar-refractivity contribution < 1.29 is 4.74 Å². The van der Waals surface area contributed by atoms with E-state index in [0.717, 1.165) is 30.8 Å². The Balaban J connectivity index is 2.69. The van der Waals surface area contributed by atoms with E-state index in [1.165, 1.54) is 5.56 Å². The topological polar surface area (TPSA) is 38.5 Å². The first-order chi connectivity index (χ1) is 8.72. The summed E-state index contributed by atoms with van der Waals surface area (Å²) in [6.07, 6.45) is 0. The fraction of sp³-hybridized carbons (Fsp3) is 0.571. The van der Waals surface area contributed by atoms with Crippen LogP contribution in [0.25, 0.3) is 0 Å². The molecule has 0 fully saturated rings. The Morgan fingerprint density at radius 1 is 1.28 bits per heavy atom. The summed E-state index contributed by atoms with van der Waals surface area (Å²) in [7, 11) is 0. The zero-order valence-electron chi connectivity index (χ0n) is 11.2. The van der Waals surface area contributed by atoms with E-state index in [0.29, 0.717) is 6.54 Å². The van der Waals surface area contributed by atoms with E-state index < -0.39 is 0 Å². The van der Waals surface area contributed by atoms with Gasteiger partial charge in [0.2, 0.25) is 0 Å². The Morgan fingerprint density at radius 3 is 2.44 bits per heavy atom. The van der Waals surface area contributed by atoms with Crippen molar-refractivity contribution in [3.63, 3.8) is 0 Å². The molecule has 0 bridgehead atoms. The number of rotatable bonds is 8. The van der Waals surface area contributed by atoms with Gasteiger partial charge in [0.05, 0.1) is 6.61 Å². The van der Waals surface area contributed by atoms with Gasteiger partial charge in [0.1, 0.15) is 0 Å². The summed E-state index contributed by atoms with van der Waals surface area (Å²) < 4.78 is 6.52. The van der Waals surface area contributed by atoms with Gasteiger partial charge in [-0.3, -0.25) is 4.90 Å². The maximum absolute atomic E-state index is 5.93. The van der Waals surface area contributed by atoms with Crippen molar-refractivity contribution in [3.05, 3.63) is 34.3 Å². The monoisotopic (exact) mass is 314 g/mol. The summed E-state index contributed by atoms with van der Waals surface area (Å²) in [5, 5.41) is 0.